The number of ether oxygens (including phenoxy) is 3. The highest BCUT2D eigenvalue weighted by Gasteiger charge is 2.26. The van der Waals surface area contributed by atoms with E-state index >= 15 is 0 Å². The summed E-state index contributed by atoms with van der Waals surface area (Å²) in [6, 6.07) is 9.71. The predicted octanol–water partition coefficient (Wildman–Crippen LogP) is 4.82. The molecule has 8 heteroatoms. The van der Waals surface area contributed by atoms with Crippen LogP contribution in [0.15, 0.2) is 42.1 Å². The standard InChI is InChI=1S/C28H36N2O6/c1-4-5-12-34-13-14-35-26-8-6-23(7-9-26)25-16-24(15-20(2)28(32)33)27(29-17-25)30-11-10-22(18-30)19-36-21(3)31/h6-9,15-17,22H,4-5,10-14,18-19H2,1-3H3,(H,32,33)/b20-15+. The molecule has 1 aliphatic heterocycles. The van der Waals surface area contributed by atoms with Gasteiger partial charge in [-0.25, -0.2) is 9.78 Å². The summed E-state index contributed by atoms with van der Waals surface area (Å²) in [5, 5.41) is 9.44. The van der Waals surface area contributed by atoms with Gasteiger partial charge < -0.3 is 24.2 Å². The average Bonchev–Trinajstić information content (AvgIpc) is 3.34. The molecule has 1 saturated heterocycles. The molecule has 36 heavy (non-hydrogen) atoms. The van der Waals surface area contributed by atoms with E-state index in [1.165, 1.54) is 6.92 Å². The van der Waals surface area contributed by atoms with Gasteiger partial charge in [0, 0.05) is 55.4 Å². The molecular weight excluding hydrogens is 460 g/mol. The zero-order chi connectivity index (χ0) is 25.9. The Morgan fingerprint density at radius 2 is 1.92 bits per heavy atom. The van der Waals surface area contributed by atoms with Crippen LogP contribution >= 0.6 is 0 Å². The Kier molecular flexibility index (Phi) is 10.3. The number of hydrogen-bond acceptors (Lipinski definition) is 7. The third kappa shape index (κ3) is 8.09. The molecule has 0 bridgehead atoms. The molecule has 3 rings (SSSR count). The van der Waals surface area contributed by atoms with E-state index in [0.717, 1.165) is 60.7 Å². The average molecular weight is 497 g/mol. The highest BCUT2D eigenvalue weighted by Crippen LogP contribution is 2.31. The van der Waals surface area contributed by atoms with Gasteiger partial charge in [0.25, 0.3) is 0 Å². The van der Waals surface area contributed by atoms with Crippen LogP contribution in [0.5, 0.6) is 5.75 Å². The maximum absolute atomic E-state index is 11.5. The summed E-state index contributed by atoms with van der Waals surface area (Å²) in [4.78, 5) is 29.5. The van der Waals surface area contributed by atoms with Gasteiger partial charge in [0.2, 0.25) is 0 Å². The lowest BCUT2D eigenvalue weighted by molar-refractivity contribution is -0.142. The van der Waals surface area contributed by atoms with Crippen LogP contribution in [0.3, 0.4) is 0 Å². The Morgan fingerprint density at radius 1 is 1.14 bits per heavy atom. The van der Waals surface area contributed by atoms with Crippen molar-refractivity contribution in [2.24, 2.45) is 5.92 Å². The Labute approximate surface area is 212 Å². The third-order valence-corrected chi connectivity index (χ3v) is 6.04. The number of aliphatic carboxylic acids is 1. The lowest BCUT2D eigenvalue weighted by Gasteiger charge is -2.21. The van der Waals surface area contributed by atoms with Crippen molar-refractivity contribution < 1.29 is 28.9 Å². The monoisotopic (exact) mass is 496 g/mol. The number of carbonyl (C=O) groups excluding carboxylic acids is 1. The Bertz CT molecular complexity index is 1050. The van der Waals surface area contributed by atoms with E-state index in [9.17, 15) is 14.7 Å². The summed E-state index contributed by atoms with van der Waals surface area (Å²) in [5.74, 6) is 0.458. The topological polar surface area (TPSA) is 98.2 Å². The fourth-order valence-corrected chi connectivity index (χ4v) is 4.00. The number of unbranched alkanes of at least 4 members (excludes halogenated alkanes) is 1. The van der Waals surface area contributed by atoms with Crippen molar-refractivity contribution in [2.45, 2.75) is 40.0 Å². The number of hydrogen-bond donors (Lipinski definition) is 1. The first-order chi connectivity index (χ1) is 17.4. The number of anilines is 1. The van der Waals surface area contributed by atoms with Gasteiger partial charge in [-0.3, -0.25) is 4.79 Å². The van der Waals surface area contributed by atoms with E-state index in [4.69, 9.17) is 19.2 Å². The van der Waals surface area contributed by atoms with E-state index in [1.54, 1.807) is 19.2 Å². The van der Waals surface area contributed by atoms with E-state index in [2.05, 4.69) is 11.8 Å². The van der Waals surface area contributed by atoms with Crippen molar-refractivity contribution in [3.8, 4) is 16.9 Å². The lowest BCUT2D eigenvalue weighted by atomic mass is 10.0. The van der Waals surface area contributed by atoms with E-state index in [0.29, 0.717) is 26.4 Å². The van der Waals surface area contributed by atoms with Gasteiger partial charge in [-0.15, -0.1) is 0 Å². The quantitative estimate of drug-likeness (QED) is 0.239. The van der Waals surface area contributed by atoms with Crippen LogP contribution < -0.4 is 9.64 Å². The highest BCUT2D eigenvalue weighted by atomic mass is 16.5. The smallest absolute Gasteiger partial charge is 0.331 e. The number of carboxylic acid groups (broad SMARTS) is 1. The molecule has 1 aliphatic rings. The second-order valence-corrected chi connectivity index (χ2v) is 9.01. The second kappa shape index (κ2) is 13.6. The molecule has 8 nitrogen and oxygen atoms in total. The summed E-state index contributed by atoms with van der Waals surface area (Å²) < 4.78 is 16.5. The third-order valence-electron chi connectivity index (χ3n) is 6.04. The first-order valence-electron chi connectivity index (χ1n) is 12.5. The minimum Gasteiger partial charge on any atom is -0.491 e. The second-order valence-electron chi connectivity index (χ2n) is 9.01. The number of esters is 1. The molecule has 2 heterocycles. The summed E-state index contributed by atoms with van der Waals surface area (Å²) in [5.41, 5.74) is 2.81. The van der Waals surface area contributed by atoms with Crippen molar-refractivity contribution >= 4 is 23.8 Å². The molecule has 1 unspecified atom stereocenters. The van der Waals surface area contributed by atoms with Crippen molar-refractivity contribution in [3.05, 3.63) is 47.7 Å². The first kappa shape index (κ1) is 27.2. The van der Waals surface area contributed by atoms with Crippen LogP contribution in [-0.2, 0) is 19.1 Å². The zero-order valence-corrected chi connectivity index (χ0v) is 21.4. The number of pyridine rings is 1. The summed E-state index contributed by atoms with van der Waals surface area (Å²) in [7, 11) is 0. The SMILES string of the molecule is CCCCOCCOc1ccc(-c2cnc(N3CCC(COC(C)=O)C3)c(/C=C(\C)C(=O)O)c2)cc1. The van der Waals surface area contributed by atoms with Gasteiger partial charge in [0.05, 0.1) is 13.2 Å². The van der Waals surface area contributed by atoms with Crippen molar-refractivity contribution in [1.82, 2.24) is 4.98 Å². The normalized spacial score (nSPS) is 15.7. The minimum absolute atomic E-state index is 0.220. The number of aromatic nitrogens is 1. The van der Waals surface area contributed by atoms with Crippen molar-refractivity contribution in [2.75, 3.05) is 44.4 Å². The van der Waals surface area contributed by atoms with Crippen molar-refractivity contribution in [1.29, 1.82) is 0 Å². The summed E-state index contributed by atoms with van der Waals surface area (Å²) >= 11 is 0. The molecule has 1 N–H and O–H groups in total. The molecule has 194 valence electrons. The molecule has 1 aromatic heterocycles. The van der Waals surface area contributed by atoms with Crippen LogP contribution in [0.25, 0.3) is 17.2 Å². The van der Waals surface area contributed by atoms with E-state index in [1.807, 2.05) is 30.3 Å². The minimum atomic E-state index is -0.972. The largest absolute Gasteiger partial charge is 0.491 e. The molecule has 1 aromatic carbocycles. The van der Waals surface area contributed by atoms with Gasteiger partial charge in [-0.2, -0.15) is 0 Å². The van der Waals surface area contributed by atoms with Gasteiger partial charge in [0.1, 0.15) is 18.2 Å². The fraction of sp³-hybridized carbons (Fsp3) is 0.464. The van der Waals surface area contributed by atoms with Crippen LogP contribution in [0, 0.1) is 5.92 Å². The lowest BCUT2D eigenvalue weighted by Crippen LogP contribution is -2.23. The molecule has 0 saturated carbocycles. The number of benzene rings is 1. The number of rotatable bonds is 13. The molecule has 0 aliphatic carbocycles. The number of carboxylic acids is 1. The van der Waals surface area contributed by atoms with Crippen LogP contribution in [0.1, 0.15) is 45.6 Å². The Balaban J connectivity index is 1.73. The number of nitrogens with zero attached hydrogens (tertiary/aromatic N) is 2. The van der Waals surface area contributed by atoms with Gasteiger partial charge in [0.15, 0.2) is 0 Å². The van der Waals surface area contributed by atoms with Crippen LogP contribution in [0.4, 0.5) is 5.82 Å². The van der Waals surface area contributed by atoms with Gasteiger partial charge >= 0.3 is 11.9 Å². The molecule has 0 amide bonds. The highest BCUT2D eigenvalue weighted by molar-refractivity contribution is 5.92. The fourth-order valence-electron chi connectivity index (χ4n) is 4.00. The molecular formula is C28H36N2O6. The molecule has 0 radical (unpaired) electrons. The predicted molar refractivity (Wildman–Crippen MR) is 139 cm³/mol. The maximum atomic E-state index is 11.5. The van der Waals surface area contributed by atoms with Crippen molar-refractivity contribution in [3.63, 3.8) is 0 Å². The van der Waals surface area contributed by atoms with Crippen LogP contribution in [0.2, 0.25) is 0 Å². The molecule has 2 aromatic rings. The maximum Gasteiger partial charge on any atom is 0.331 e. The van der Waals surface area contributed by atoms with Gasteiger partial charge in [-0.05, 0) is 49.6 Å². The molecule has 0 spiro atoms. The zero-order valence-electron chi connectivity index (χ0n) is 21.4. The van der Waals surface area contributed by atoms with Gasteiger partial charge in [-0.1, -0.05) is 25.5 Å². The molecule has 1 fully saturated rings. The molecule has 1 atom stereocenters. The Morgan fingerprint density at radius 3 is 2.61 bits per heavy atom. The first-order valence-corrected chi connectivity index (χ1v) is 12.5. The van der Waals surface area contributed by atoms with Crippen LogP contribution in [-0.4, -0.2) is 61.5 Å². The summed E-state index contributed by atoms with van der Waals surface area (Å²) in [6.45, 7) is 8.76. The van der Waals surface area contributed by atoms with E-state index < -0.39 is 5.97 Å². The van der Waals surface area contributed by atoms with E-state index in [-0.39, 0.29) is 17.5 Å². The summed E-state index contributed by atoms with van der Waals surface area (Å²) in [6.07, 6.45) is 6.50. The number of carbonyl (C=O) groups is 2. The Hall–Kier alpha value is -3.39.